The third-order valence-corrected chi connectivity index (χ3v) is 6.25. The summed E-state index contributed by atoms with van der Waals surface area (Å²) in [6.45, 7) is 0.442. The number of nitrogens with one attached hydrogen (secondary N) is 1. The van der Waals surface area contributed by atoms with Crippen LogP contribution >= 0.6 is 22.9 Å². The monoisotopic (exact) mass is 473 g/mol. The highest BCUT2D eigenvalue weighted by molar-refractivity contribution is 7.15. The maximum absolute atomic E-state index is 12.5. The summed E-state index contributed by atoms with van der Waals surface area (Å²) in [5.74, 6) is -0.0684. The van der Waals surface area contributed by atoms with Crippen LogP contribution in [0.2, 0.25) is 5.02 Å². The maximum Gasteiger partial charge on any atom is 0.288 e. The lowest BCUT2D eigenvalue weighted by Gasteiger charge is -2.16. The summed E-state index contributed by atoms with van der Waals surface area (Å²) in [5.41, 5.74) is 0.473. The molecule has 0 radical (unpaired) electrons. The number of nitro groups is 1. The SMILES string of the molecule is COc1ccc(N2CC(c3nnc(NC(=O)c4ccc(Cl)c([N+](=O)[O-])c4)s3)CC2=O)cc1. The van der Waals surface area contributed by atoms with E-state index in [2.05, 4.69) is 15.5 Å². The van der Waals surface area contributed by atoms with Crippen LogP contribution in [0, 0.1) is 10.1 Å². The molecule has 0 bridgehead atoms. The second-order valence-electron chi connectivity index (χ2n) is 6.93. The Kier molecular flexibility index (Phi) is 6.01. The quantitative estimate of drug-likeness (QED) is 0.425. The van der Waals surface area contributed by atoms with Gasteiger partial charge in [0.1, 0.15) is 15.8 Å². The van der Waals surface area contributed by atoms with Gasteiger partial charge in [-0.25, -0.2) is 0 Å². The van der Waals surface area contributed by atoms with Gasteiger partial charge in [-0.2, -0.15) is 0 Å². The third-order valence-electron chi connectivity index (χ3n) is 4.92. The van der Waals surface area contributed by atoms with Gasteiger partial charge in [0, 0.05) is 36.2 Å². The smallest absolute Gasteiger partial charge is 0.288 e. The molecule has 1 aromatic heterocycles. The molecule has 0 saturated carbocycles. The molecule has 0 spiro atoms. The summed E-state index contributed by atoms with van der Waals surface area (Å²) in [6.07, 6.45) is 0.276. The Morgan fingerprint density at radius 3 is 2.72 bits per heavy atom. The number of hydrogen-bond donors (Lipinski definition) is 1. The van der Waals surface area contributed by atoms with E-state index in [-0.39, 0.29) is 39.7 Å². The van der Waals surface area contributed by atoms with E-state index in [9.17, 15) is 19.7 Å². The fraction of sp³-hybridized carbons (Fsp3) is 0.200. The number of nitrogens with zero attached hydrogens (tertiary/aromatic N) is 4. The summed E-state index contributed by atoms with van der Waals surface area (Å²) in [5, 5.41) is 22.5. The van der Waals surface area contributed by atoms with Gasteiger partial charge in [-0.3, -0.25) is 25.0 Å². The van der Waals surface area contributed by atoms with Gasteiger partial charge in [0.2, 0.25) is 11.0 Å². The Balaban J connectivity index is 1.45. The summed E-state index contributed by atoms with van der Waals surface area (Å²) in [6, 6.07) is 11.0. The van der Waals surface area contributed by atoms with Crippen LogP contribution in [0.1, 0.15) is 27.7 Å². The average Bonchev–Trinajstić information content (AvgIpc) is 3.40. The first-order valence-electron chi connectivity index (χ1n) is 9.39. The van der Waals surface area contributed by atoms with Gasteiger partial charge < -0.3 is 9.64 Å². The second-order valence-corrected chi connectivity index (χ2v) is 8.34. The number of benzene rings is 2. The average molecular weight is 474 g/mol. The van der Waals surface area contributed by atoms with E-state index in [0.717, 1.165) is 23.1 Å². The summed E-state index contributed by atoms with van der Waals surface area (Å²) >= 11 is 6.94. The molecular weight excluding hydrogens is 458 g/mol. The number of carbonyl (C=O) groups is 2. The lowest BCUT2D eigenvalue weighted by atomic mass is 10.1. The van der Waals surface area contributed by atoms with E-state index in [0.29, 0.717) is 17.3 Å². The van der Waals surface area contributed by atoms with Crippen molar-refractivity contribution in [2.24, 2.45) is 0 Å². The van der Waals surface area contributed by atoms with Gasteiger partial charge in [-0.15, -0.1) is 10.2 Å². The Morgan fingerprint density at radius 2 is 2.03 bits per heavy atom. The van der Waals surface area contributed by atoms with Gasteiger partial charge >= 0.3 is 0 Å². The van der Waals surface area contributed by atoms with E-state index in [1.165, 1.54) is 12.1 Å². The molecule has 164 valence electrons. The Hall–Kier alpha value is -3.57. The molecule has 32 heavy (non-hydrogen) atoms. The van der Waals surface area contributed by atoms with Crippen LogP contribution in [0.5, 0.6) is 5.75 Å². The molecular formula is C20H16ClN5O5S. The number of methoxy groups -OCH3 is 1. The summed E-state index contributed by atoms with van der Waals surface area (Å²) < 4.78 is 5.15. The highest BCUT2D eigenvalue weighted by Gasteiger charge is 2.34. The van der Waals surface area contributed by atoms with Gasteiger partial charge in [-0.1, -0.05) is 22.9 Å². The highest BCUT2D eigenvalue weighted by atomic mass is 35.5. The van der Waals surface area contributed by atoms with Crippen LogP contribution in [0.25, 0.3) is 0 Å². The number of anilines is 2. The van der Waals surface area contributed by atoms with Crippen molar-refractivity contribution in [2.75, 3.05) is 23.9 Å². The molecule has 1 fully saturated rings. The molecule has 2 aromatic carbocycles. The summed E-state index contributed by atoms with van der Waals surface area (Å²) in [4.78, 5) is 37.0. The van der Waals surface area contributed by atoms with Crippen LogP contribution in [0.3, 0.4) is 0 Å². The molecule has 12 heteroatoms. The molecule has 0 aliphatic carbocycles. The van der Waals surface area contributed by atoms with Crippen molar-refractivity contribution in [2.45, 2.75) is 12.3 Å². The minimum absolute atomic E-state index is 0.0329. The first-order chi connectivity index (χ1) is 15.4. The Bertz CT molecular complexity index is 1200. The van der Waals surface area contributed by atoms with Crippen molar-refractivity contribution in [3.8, 4) is 5.75 Å². The molecule has 3 aromatic rings. The second kappa shape index (κ2) is 8.89. The van der Waals surface area contributed by atoms with Gasteiger partial charge in [0.25, 0.3) is 11.6 Å². The molecule has 1 N–H and O–H groups in total. The molecule has 2 heterocycles. The van der Waals surface area contributed by atoms with Crippen molar-refractivity contribution in [1.29, 1.82) is 0 Å². The number of aromatic nitrogens is 2. The van der Waals surface area contributed by atoms with Crippen LogP contribution in [0.15, 0.2) is 42.5 Å². The van der Waals surface area contributed by atoms with Crippen molar-refractivity contribution in [1.82, 2.24) is 10.2 Å². The van der Waals surface area contributed by atoms with Crippen molar-refractivity contribution in [3.63, 3.8) is 0 Å². The van der Waals surface area contributed by atoms with Crippen molar-refractivity contribution in [3.05, 3.63) is 68.2 Å². The van der Waals surface area contributed by atoms with E-state index in [1.54, 1.807) is 24.1 Å². The van der Waals surface area contributed by atoms with Crippen LogP contribution < -0.4 is 15.0 Å². The van der Waals surface area contributed by atoms with Gasteiger partial charge in [-0.05, 0) is 36.4 Å². The minimum atomic E-state index is -0.659. The van der Waals surface area contributed by atoms with Crippen molar-refractivity contribution >= 4 is 51.3 Å². The number of carbonyl (C=O) groups excluding carboxylic acids is 2. The molecule has 1 saturated heterocycles. The largest absolute Gasteiger partial charge is 0.497 e. The number of amides is 2. The zero-order valence-corrected chi connectivity index (χ0v) is 18.2. The molecule has 2 amide bonds. The lowest BCUT2D eigenvalue weighted by Crippen LogP contribution is -2.24. The minimum Gasteiger partial charge on any atom is -0.497 e. The Labute approximate surface area is 190 Å². The fourth-order valence-electron chi connectivity index (χ4n) is 3.30. The summed E-state index contributed by atoms with van der Waals surface area (Å²) in [7, 11) is 1.58. The highest BCUT2D eigenvalue weighted by Crippen LogP contribution is 2.35. The predicted molar refractivity (Wildman–Crippen MR) is 119 cm³/mol. The van der Waals surface area contributed by atoms with E-state index in [4.69, 9.17) is 16.3 Å². The van der Waals surface area contributed by atoms with E-state index < -0.39 is 10.8 Å². The third kappa shape index (κ3) is 4.39. The van der Waals surface area contributed by atoms with Crippen LogP contribution in [-0.4, -0.2) is 40.6 Å². The zero-order valence-electron chi connectivity index (χ0n) is 16.6. The van der Waals surface area contributed by atoms with E-state index in [1.807, 2.05) is 12.1 Å². The lowest BCUT2D eigenvalue weighted by molar-refractivity contribution is -0.384. The number of hydrogen-bond acceptors (Lipinski definition) is 8. The topological polar surface area (TPSA) is 128 Å². The molecule has 1 aliphatic rings. The molecule has 1 unspecified atom stereocenters. The molecule has 1 atom stereocenters. The predicted octanol–water partition coefficient (Wildman–Crippen LogP) is 3.88. The first-order valence-corrected chi connectivity index (χ1v) is 10.6. The number of nitro benzene ring substituents is 1. The Morgan fingerprint density at radius 1 is 1.28 bits per heavy atom. The number of rotatable bonds is 6. The van der Waals surface area contributed by atoms with E-state index >= 15 is 0 Å². The maximum atomic E-state index is 12.5. The normalized spacial score (nSPS) is 15.6. The molecule has 4 rings (SSSR count). The molecule has 1 aliphatic heterocycles. The molecule has 10 nitrogen and oxygen atoms in total. The number of ether oxygens (including phenoxy) is 1. The van der Waals surface area contributed by atoms with Crippen LogP contribution in [-0.2, 0) is 4.79 Å². The van der Waals surface area contributed by atoms with Gasteiger partial charge in [0.15, 0.2) is 0 Å². The first kappa shape index (κ1) is 21.7. The standard InChI is InChI=1S/C20H16ClN5O5S/c1-31-14-5-3-13(4-6-14)25-10-12(9-17(25)27)19-23-24-20(32-19)22-18(28)11-2-7-15(21)16(8-11)26(29)30/h2-8,12H,9-10H2,1H3,(H,22,24,28). The van der Waals surface area contributed by atoms with Crippen LogP contribution in [0.4, 0.5) is 16.5 Å². The number of halogens is 1. The van der Waals surface area contributed by atoms with Crippen molar-refractivity contribution < 1.29 is 19.2 Å². The fourth-order valence-corrected chi connectivity index (χ4v) is 4.31. The van der Waals surface area contributed by atoms with Gasteiger partial charge in [0.05, 0.1) is 12.0 Å². The zero-order chi connectivity index (χ0) is 22.8.